The number of nitrogens with one attached hydrogen (secondary N) is 1. The Balaban J connectivity index is 1.59. The highest BCUT2D eigenvalue weighted by Gasteiger charge is 2.30. The molecule has 0 aliphatic carbocycles. The van der Waals surface area contributed by atoms with Crippen LogP contribution in [-0.2, 0) is 22.4 Å². The van der Waals surface area contributed by atoms with Crippen molar-refractivity contribution in [1.29, 1.82) is 0 Å². The zero-order valence-electron chi connectivity index (χ0n) is 16.2. The Labute approximate surface area is 175 Å². The molecule has 30 heavy (non-hydrogen) atoms. The van der Waals surface area contributed by atoms with E-state index in [1.165, 1.54) is 30.4 Å². The average molecular weight is 433 g/mol. The summed E-state index contributed by atoms with van der Waals surface area (Å²) >= 11 is 1.32. The van der Waals surface area contributed by atoms with Gasteiger partial charge >= 0.3 is 6.18 Å². The predicted molar refractivity (Wildman–Crippen MR) is 110 cm³/mol. The molecule has 0 spiro atoms. The molecule has 5 nitrogen and oxygen atoms in total. The van der Waals surface area contributed by atoms with E-state index in [0.29, 0.717) is 27.7 Å². The minimum Gasteiger partial charge on any atom is -0.389 e. The van der Waals surface area contributed by atoms with Gasteiger partial charge in [-0.1, -0.05) is 29.4 Å². The number of aromatic nitrogens is 1. The minimum atomic E-state index is -4.36. The van der Waals surface area contributed by atoms with Crippen LogP contribution >= 0.6 is 11.3 Å². The van der Waals surface area contributed by atoms with Crippen molar-refractivity contribution in [1.82, 2.24) is 4.98 Å². The highest BCUT2D eigenvalue weighted by Crippen LogP contribution is 2.31. The molecule has 2 aromatic carbocycles. The van der Waals surface area contributed by atoms with Gasteiger partial charge in [0.05, 0.1) is 17.0 Å². The number of oxime groups is 1. The van der Waals surface area contributed by atoms with E-state index < -0.39 is 11.7 Å². The number of rotatable bonds is 6. The summed E-state index contributed by atoms with van der Waals surface area (Å²) in [5.41, 5.74) is 2.74. The van der Waals surface area contributed by atoms with Crippen molar-refractivity contribution in [2.24, 2.45) is 5.16 Å². The normalized spacial score (nSPS) is 12.0. The SMILES string of the molecule is CC(=O)Nc1ccc(/C(C)=N/OCc2csc(-c3ccc(C(F)(F)F)cc3)n2)cc1. The van der Waals surface area contributed by atoms with Gasteiger partial charge in [-0.25, -0.2) is 4.98 Å². The number of carbonyl (C=O) groups excluding carboxylic acids is 1. The van der Waals surface area contributed by atoms with Gasteiger partial charge in [0, 0.05) is 23.6 Å². The molecule has 1 aromatic heterocycles. The fraction of sp³-hybridized carbons (Fsp3) is 0.190. The molecule has 1 amide bonds. The molecule has 0 aliphatic heterocycles. The Morgan fingerprint density at radius 3 is 2.37 bits per heavy atom. The van der Waals surface area contributed by atoms with Gasteiger partial charge in [-0.2, -0.15) is 13.2 Å². The van der Waals surface area contributed by atoms with Gasteiger partial charge in [0.1, 0.15) is 5.01 Å². The molecular weight excluding hydrogens is 415 g/mol. The van der Waals surface area contributed by atoms with Gasteiger partial charge < -0.3 is 10.2 Å². The Bertz CT molecular complexity index is 1040. The highest BCUT2D eigenvalue weighted by molar-refractivity contribution is 7.13. The summed E-state index contributed by atoms with van der Waals surface area (Å²) in [6, 6.07) is 12.1. The van der Waals surface area contributed by atoms with E-state index in [4.69, 9.17) is 4.84 Å². The first kappa shape index (κ1) is 21.5. The zero-order chi connectivity index (χ0) is 21.7. The van der Waals surface area contributed by atoms with Crippen LogP contribution in [0.5, 0.6) is 0 Å². The molecule has 3 aromatic rings. The topological polar surface area (TPSA) is 63.6 Å². The van der Waals surface area contributed by atoms with Crippen molar-refractivity contribution in [2.45, 2.75) is 26.6 Å². The molecule has 156 valence electrons. The summed E-state index contributed by atoms with van der Waals surface area (Å²) in [4.78, 5) is 20.8. The third-order valence-electron chi connectivity index (χ3n) is 4.05. The number of thiazole rings is 1. The van der Waals surface area contributed by atoms with Crippen LogP contribution in [0.15, 0.2) is 59.1 Å². The average Bonchev–Trinajstić information content (AvgIpc) is 3.16. The van der Waals surface area contributed by atoms with Gasteiger partial charge in [-0.05, 0) is 36.8 Å². The van der Waals surface area contributed by atoms with Crippen LogP contribution in [0, 0.1) is 0 Å². The molecule has 9 heteroatoms. The van der Waals surface area contributed by atoms with E-state index in [0.717, 1.165) is 17.7 Å². The summed E-state index contributed by atoms with van der Waals surface area (Å²) in [7, 11) is 0. The molecule has 0 radical (unpaired) electrons. The lowest BCUT2D eigenvalue weighted by molar-refractivity contribution is -0.137. The van der Waals surface area contributed by atoms with Crippen LogP contribution in [-0.4, -0.2) is 16.6 Å². The van der Waals surface area contributed by atoms with Crippen LogP contribution in [0.4, 0.5) is 18.9 Å². The number of nitrogens with zero attached hydrogens (tertiary/aromatic N) is 2. The van der Waals surface area contributed by atoms with Crippen LogP contribution in [0.2, 0.25) is 0 Å². The van der Waals surface area contributed by atoms with E-state index in [1.807, 2.05) is 12.1 Å². The quantitative estimate of drug-likeness (QED) is 0.399. The number of hydrogen-bond donors (Lipinski definition) is 1. The summed E-state index contributed by atoms with van der Waals surface area (Å²) < 4.78 is 38.0. The van der Waals surface area contributed by atoms with Gasteiger partial charge in [0.2, 0.25) is 5.91 Å². The maximum absolute atomic E-state index is 12.7. The number of amides is 1. The van der Waals surface area contributed by atoms with E-state index in [-0.39, 0.29) is 12.5 Å². The number of alkyl halides is 3. The van der Waals surface area contributed by atoms with Crippen LogP contribution in [0.25, 0.3) is 10.6 Å². The zero-order valence-corrected chi connectivity index (χ0v) is 17.0. The van der Waals surface area contributed by atoms with E-state index in [2.05, 4.69) is 15.5 Å². The van der Waals surface area contributed by atoms with Gasteiger partial charge in [0.25, 0.3) is 0 Å². The molecule has 0 fully saturated rings. The molecule has 1 N–H and O–H groups in total. The standard InChI is InChI=1S/C21H18F3N3O2S/c1-13(15-5-9-18(10-6-15)25-14(2)28)27-29-11-19-12-30-20(26-19)16-3-7-17(8-4-16)21(22,23)24/h3-10,12H,11H2,1-2H3,(H,25,28)/b27-13+. The Morgan fingerprint density at radius 1 is 1.10 bits per heavy atom. The lowest BCUT2D eigenvalue weighted by Gasteiger charge is -2.06. The summed E-state index contributed by atoms with van der Waals surface area (Å²) in [5.74, 6) is -0.143. The molecule has 0 saturated carbocycles. The van der Waals surface area contributed by atoms with Gasteiger partial charge in [-0.3, -0.25) is 4.79 Å². The first-order chi connectivity index (χ1) is 14.2. The van der Waals surface area contributed by atoms with Crippen molar-refractivity contribution in [3.05, 3.63) is 70.7 Å². The maximum atomic E-state index is 12.7. The minimum absolute atomic E-state index is 0.137. The summed E-state index contributed by atoms with van der Waals surface area (Å²) in [6.07, 6.45) is -4.36. The van der Waals surface area contributed by atoms with E-state index >= 15 is 0 Å². The lowest BCUT2D eigenvalue weighted by Crippen LogP contribution is -2.06. The molecule has 0 unspecified atom stereocenters. The number of carbonyl (C=O) groups is 1. The fourth-order valence-electron chi connectivity index (χ4n) is 2.55. The van der Waals surface area contributed by atoms with Crippen molar-refractivity contribution in [3.8, 4) is 10.6 Å². The first-order valence-corrected chi connectivity index (χ1v) is 9.77. The van der Waals surface area contributed by atoms with Crippen LogP contribution in [0.1, 0.15) is 30.7 Å². The Morgan fingerprint density at radius 2 is 1.77 bits per heavy atom. The second-order valence-electron chi connectivity index (χ2n) is 6.43. The number of benzene rings is 2. The van der Waals surface area contributed by atoms with Crippen LogP contribution < -0.4 is 5.32 Å². The second kappa shape index (κ2) is 9.08. The Kier molecular flexibility index (Phi) is 6.51. The van der Waals surface area contributed by atoms with Crippen molar-refractivity contribution >= 4 is 28.6 Å². The molecule has 0 bridgehead atoms. The largest absolute Gasteiger partial charge is 0.416 e. The first-order valence-electron chi connectivity index (χ1n) is 8.89. The fourth-order valence-corrected chi connectivity index (χ4v) is 3.36. The predicted octanol–water partition coefficient (Wildman–Crippen LogP) is 5.73. The van der Waals surface area contributed by atoms with E-state index in [9.17, 15) is 18.0 Å². The summed E-state index contributed by atoms with van der Waals surface area (Å²) in [5, 5.41) is 9.14. The third-order valence-corrected chi connectivity index (χ3v) is 4.99. The van der Waals surface area contributed by atoms with Gasteiger partial charge in [-0.15, -0.1) is 11.3 Å². The molecular formula is C21H18F3N3O2S. The van der Waals surface area contributed by atoms with Crippen molar-refractivity contribution in [2.75, 3.05) is 5.32 Å². The molecule has 1 heterocycles. The number of halogens is 3. The monoisotopic (exact) mass is 433 g/mol. The van der Waals surface area contributed by atoms with E-state index in [1.54, 1.807) is 24.4 Å². The number of anilines is 1. The molecule has 0 saturated heterocycles. The molecule has 0 atom stereocenters. The molecule has 0 aliphatic rings. The maximum Gasteiger partial charge on any atom is 0.416 e. The summed E-state index contributed by atoms with van der Waals surface area (Å²) in [6.45, 7) is 3.37. The molecule has 3 rings (SSSR count). The van der Waals surface area contributed by atoms with Gasteiger partial charge in [0.15, 0.2) is 6.61 Å². The highest BCUT2D eigenvalue weighted by atomic mass is 32.1. The second-order valence-corrected chi connectivity index (χ2v) is 7.29. The van der Waals surface area contributed by atoms with Crippen LogP contribution in [0.3, 0.4) is 0 Å². The Hall–Kier alpha value is -3.20. The van der Waals surface area contributed by atoms with Crippen molar-refractivity contribution in [3.63, 3.8) is 0 Å². The third kappa shape index (κ3) is 5.66. The van der Waals surface area contributed by atoms with Crippen molar-refractivity contribution < 1.29 is 22.8 Å². The smallest absolute Gasteiger partial charge is 0.389 e. The number of hydrogen-bond acceptors (Lipinski definition) is 5. The lowest BCUT2D eigenvalue weighted by atomic mass is 10.1.